The Hall–Kier alpha value is -4.11. The highest BCUT2D eigenvalue weighted by molar-refractivity contribution is 7.45. The molecule has 502 valence electrons. The maximum atomic E-state index is 12.9. The summed E-state index contributed by atoms with van der Waals surface area (Å²) in [5.41, 5.74) is 0. The lowest BCUT2D eigenvalue weighted by Gasteiger charge is -2.28. The van der Waals surface area contributed by atoms with Crippen LogP contribution in [0.5, 0.6) is 0 Å². The lowest BCUT2D eigenvalue weighted by Crippen LogP contribution is -2.37. The van der Waals surface area contributed by atoms with Gasteiger partial charge in [-0.25, -0.2) is 0 Å². The molecule has 9 nitrogen and oxygen atoms in total. The van der Waals surface area contributed by atoms with Crippen LogP contribution in [-0.2, 0) is 32.7 Å². The first-order valence-corrected chi connectivity index (χ1v) is 37.0. The molecule has 0 aromatic carbocycles. The first kappa shape index (κ1) is 83.9. The van der Waals surface area contributed by atoms with Gasteiger partial charge < -0.3 is 27.9 Å². The largest absolute Gasteiger partial charge is 0.756 e. The van der Waals surface area contributed by atoms with Gasteiger partial charge in [-0.05, 0) is 116 Å². The lowest BCUT2D eigenvalue weighted by atomic mass is 10.0. The normalized spacial score (nSPS) is 14.0. The summed E-state index contributed by atoms with van der Waals surface area (Å²) in [5, 5.41) is 0. The molecule has 0 saturated carbocycles. The van der Waals surface area contributed by atoms with E-state index >= 15 is 0 Å². The number of carbonyl (C=O) groups excluding carboxylic acids is 2. The quantitative estimate of drug-likeness (QED) is 0.0195. The molecule has 0 heterocycles. The number of likely N-dealkylation sites (N-methyl/N-ethyl adjacent to an activating group) is 1. The minimum Gasteiger partial charge on any atom is -0.756 e. The molecule has 0 fully saturated rings. The predicted molar refractivity (Wildman–Crippen MR) is 378 cm³/mol. The van der Waals surface area contributed by atoms with Gasteiger partial charge in [0.05, 0.1) is 27.7 Å². The van der Waals surface area contributed by atoms with Crippen molar-refractivity contribution in [2.45, 2.75) is 290 Å². The highest BCUT2D eigenvalue weighted by Crippen LogP contribution is 2.38. The zero-order valence-corrected chi connectivity index (χ0v) is 58.0. The van der Waals surface area contributed by atoms with Gasteiger partial charge in [-0.2, -0.15) is 0 Å². The number of hydrogen-bond acceptors (Lipinski definition) is 8. The van der Waals surface area contributed by atoms with E-state index < -0.39 is 26.5 Å². The molecule has 0 amide bonds. The molecule has 10 heteroatoms. The van der Waals surface area contributed by atoms with E-state index in [1.165, 1.54) is 116 Å². The summed E-state index contributed by atoms with van der Waals surface area (Å²) >= 11 is 0. The molecule has 0 spiro atoms. The van der Waals surface area contributed by atoms with E-state index in [2.05, 4.69) is 160 Å². The number of ether oxygens (including phenoxy) is 2. The number of quaternary nitrogens is 1. The minimum absolute atomic E-state index is 0.0401. The van der Waals surface area contributed by atoms with E-state index in [4.69, 9.17) is 18.5 Å². The molecule has 2 atom stereocenters. The van der Waals surface area contributed by atoms with Crippen molar-refractivity contribution in [1.29, 1.82) is 0 Å². The number of allylic oxidation sites excluding steroid dienone is 24. The Labute approximate surface area is 542 Å². The first-order chi connectivity index (χ1) is 43.0. The standard InChI is InChI=1S/C78H132NO8P/c1-6-8-10-12-14-16-18-20-22-24-26-28-30-32-34-36-38-39-41-42-44-46-48-50-52-54-56-58-60-62-64-66-68-70-77(80)84-74-76(75-86-88(82,83)85-73-72-79(3,4)5)87-78(81)71-69-67-65-63-61-59-57-55-53-51-49-47-45-43-40-37-35-33-31-29-27-25-23-21-19-17-15-13-11-9-7-2/h8-11,14-17,20-23,26-29,33,35,40,43,47,49,53,55,76H,6-7,12-13,18-19,24-25,30-32,34,36-39,41-42,44-46,48,50-52,54,56-75H2,1-5H3/b10-8-,11-9-,16-14-,17-15-,22-20-,23-21-,28-26-,29-27-,35-33-,43-40-,49-47-,55-53-. The molecule has 0 radical (unpaired) electrons. The molecule has 0 aromatic heterocycles. The Kier molecular flexibility index (Phi) is 64.1. The van der Waals surface area contributed by atoms with E-state index in [0.29, 0.717) is 17.4 Å². The maximum absolute atomic E-state index is 12.9. The Balaban J connectivity index is 4.09. The van der Waals surface area contributed by atoms with Crippen LogP contribution in [0.2, 0.25) is 0 Å². The molecular weight excluding hydrogens is 1110 g/mol. The highest BCUT2D eigenvalue weighted by Gasteiger charge is 2.22. The van der Waals surface area contributed by atoms with Gasteiger partial charge in [0.25, 0.3) is 7.82 Å². The van der Waals surface area contributed by atoms with Crippen LogP contribution in [0.1, 0.15) is 284 Å². The van der Waals surface area contributed by atoms with E-state index in [9.17, 15) is 19.0 Å². The first-order valence-electron chi connectivity index (χ1n) is 35.5. The highest BCUT2D eigenvalue weighted by atomic mass is 31.2. The van der Waals surface area contributed by atoms with Crippen LogP contribution in [-0.4, -0.2) is 70.0 Å². The second-order valence-electron chi connectivity index (χ2n) is 24.5. The van der Waals surface area contributed by atoms with E-state index in [0.717, 1.165) is 135 Å². The van der Waals surface area contributed by atoms with Crippen molar-refractivity contribution in [3.05, 3.63) is 146 Å². The van der Waals surface area contributed by atoms with Gasteiger partial charge in [0.1, 0.15) is 19.8 Å². The molecule has 0 N–H and O–H groups in total. The summed E-state index contributed by atoms with van der Waals surface area (Å²) in [6.07, 6.45) is 99.3. The smallest absolute Gasteiger partial charge is 0.306 e. The van der Waals surface area contributed by atoms with E-state index in [-0.39, 0.29) is 32.0 Å². The number of unbranched alkanes of at least 4 members (excludes halogenated alkanes) is 26. The lowest BCUT2D eigenvalue weighted by molar-refractivity contribution is -0.870. The number of phosphoric ester groups is 1. The van der Waals surface area contributed by atoms with Crippen molar-refractivity contribution >= 4 is 19.8 Å². The fourth-order valence-electron chi connectivity index (χ4n) is 9.49. The fourth-order valence-corrected chi connectivity index (χ4v) is 10.2. The third-order valence-corrected chi connectivity index (χ3v) is 15.8. The average Bonchev–Trinajstić information content (AvgIpc) is 3.68. The number of phosphoric acid groups is 1. The third kappa shape index (κ3) is 71.0. The van der Waals surface area contributed by atoms with Crippen LogP contribution < -0.4 is 4.89 Å². The maximum Gasteiger partial charge on any atom is 0.306 e. The second kappa shape index (κ2) is 67.3. The van der Waals surface area contributed by atoms with Gasteiger partial charge in [0.15, 0.2) is 6.10 Å². The topological polar surface area (TPSA) is 111 Å². The van der Waals surface area contributed by atoms with E-state index in [1.807, 2.05) is 21.1 Å². The van der Waals surface area contributed by atoms with Crippen molar-refractivity contribution in [1.82, 2.24) is 0 Å². The Morgan fingerprint density at radius 2 is 0.614 bits per heavy atom. The van der Waals surface area contributed by atoms with Crippen LogP contribution in [0.25, 0.3) is 0 Å². The van der Waals surface area contributed by atoms with Gasteiger partial charge in [-0.15, -0.1) is 0 Å². The molecule has 0 bridgehead atoms. The molecule has 0 aliphatic carbocycles. The molecular formula is C78H132NO8P. The molecule has 0 rings (SSSR count). The number of rotatable bonds is 64. The number of hydrogen-bond donors (Lipinski definition) is 0. The zero-order chi connectivity index (χ0) is 64.1. The Morgan fingerprint density at radius 3 is 0.909 bits per heavy atom. The van der Waals surface area contributed by atoms with Gasteiger partial charge in [-0.3, -0.25) is 14.2 Å². The van der Waals surface area contributed by atoms with Gasteiger partial charge in [0.2, 0.25) is 0 Å². The van der Waals surface area contributed by atoms with Gasteiger partial charge >= 0.3 is 11.9 Å². The Morgan fingerprint density at radius 1 is 0.352 bits per heavy atom. The van der Waals surface area contributed by atoms with Crippen molar-refractivity contribution in [2.24, 2.45) is 0 Å². The summed E-state index contributed by atoms with van der Waals surface area (Å²) in [6.45, 7) is 4.00. The Bertz CT molecular complexity index is 2000. The van der Waals surface area contributed by atoms with E-state index in [1.54, 1.807) is 0 Å². The zero-order valence-electron chi connectivity index (χ0n) is 57.1. The van der Waals surface area contributed by atoms with Crippen LogP contribution in [0.15, 0.2) is 146 Å². The summed E-state index contributed by atoms with van der Waals surface area (Å²) < 4.78 is 34.3. The monoisotopic (exact) mass is 1240 g/mol. The molecule has 0 aliphatic heterocycles. The van der Waals surface area contributed by atoms with Crippen LogP contribution in [0, 0.1) is 0 Å². The molecule has 0 aromatic rings. The number of esters is 2. The second-order valence-corrected chi connectivity index (χ2v) is 25.9. The number of nitrogens with zero attached hydrogens (tertiary/aromatic N) is 1. The summed E-state index contributed by atoms with van der Waals surface area (Å²) in [4.78, 5) is 38.1. The van der Waals surface area contributed by atoms with Crippen LogP contribution in [0.4, 0.5) is 0 Å². The number of carbonyl (C=O) groups is 2. The third-order valence-electron chi connectivity index (χ3n) is 14.9. The van der Waals surface area contributed by atoms with Crippen molar-refractivity contribution < 1.29 is 42.1 Å². The SMILES string of the molecule is CC/C=C\C/C=C\C/C=C\C/C=C\C/C=C\C/C=C\C/C=C\C/C=C\CCCCCCCCC(=O)OC(COC(=O)CCCCCCCCCCCCCCCCCCCCCC/C=C\C/C=C\C/C=C\C/C=C\CC)COP(=O)([O-])OCC[N+](C)(C)C. The summed E-state index contributed by atoms with van der Waals surface area (Å²) in [5.74, 6) is -0.851. The van der Waals surface area contributed by atoms with Gasteiger partial charge in [0, 0.05) is 12.8 Å². The van der Waals surface area contributed by atoms with Crippen molar-refractivity contribution in [2.75, 3.05) is 47.5 Å². The van der Waals surface area contributed by atoms with Gasteiger partial charge in [-0.1, -0.05) is 301 Å². The van der Waals surface area contributed by atoms with Crippen LogP contribution in [0.3, 0.4) is 0 Å². The summed E-state index contributed by atoms with van der Waals surface area (Å²) in [7, 11) is 1.14. The summed E-state index contributed by atoms with van der Waals surface area (Å²) in [6, 6.07) is 0. The fraction of sp³-hybridized carbons (Fsp3) is 0.667. The predicted octanol–water partition coefficient (Wildman–Crippen LogP) is 22.7. The van der Waals surface area contributed by atoms with Crippen molar-refractivity contribution in [3.8, 4) is 0 Å². The minimum atomic E-state index is -4.66. The molecule has 88 heavy (non-hydrogen) atoms. The molecule has 0 saturated heterocycles. The average molecular weight is 1240 g/mol. The van der Waals surface area contributed by atoms with Crippen molar-refractivity contribution in [3.63, 3.8) is 0 Å². The molecule has 2 unspecified atom stereocenters. The van der Waals surface area contributed by atoms with Crippen LogP contribution >= 0.6 is 7.82 Å². The molecule has 0 aliphatic rings.